The van der Waals surface area contributed by atoms with E-state index in [2.05, 4.69) is 33.2 Å². The summed E-state index contributed by atoms with van der Waals surface area (Å²) in [6.45, 7) is 0. The number of amidine groups is 3. The molecule has 6 nitrogen and oxygen atoms in total. The number of benzene rings is 3. The second kappa shape index (κ2) is 17.9. The average molecular weight is 742 g/mol. The van der Waals surface area contributed by atoms with E-state index in [1.54, 1.807) is 18.6 Å². The van der Waals surface area contributed by atoms with E-state index in [1.165, 1.54) is 0 Å². The predicted molar refractivity (Wildman–Crippen MR) is 174 cm³/mol. The quantitative estimate of drug-likeness (QED) is 0.284. The molecule has 6 rings (SSSR count). The van der Waals surface area contributed by atoms with Crippen LogP contribution in [0.3, 0.4) is 0 Å². The molecule has 0 N–H and O–H groups in total. The summed E-state index contributed by atoms with van der Waals surface area (Å²) in [6.07, 6.45) is 22.9. The summed E-state index contributed by atoms with van der Waals surface area (Å²) in [5.74, 6) is 2.74. The minimum atomic E-state index is 0. The Morgan fingerprint density at radius 1 is 0.442 bits per heavy atom. The Morgan fingerprint density at radius 3 is 1.00 bits per heavy atom. The van der Waals surface area contributed by atoms with E-state index in [4.69, 9.17) is 0 Å². The normalized spacial score (nSPS) is 14.9. The summed E-state index contributed by atoms with van der Waals surface area (Å²) in [5, 5.41) is 0. The molecule has 0 aromatic heterocycles. The van der Waals surface area contributed by atoms with Crippen LogP contribution in [0.15, 0.2) is 161 Å². The van der Waals surface area contributed by atoms with Crippen LogP contribution in [-0.2, 0) is 20.1 Å². The second-order valence-corrected chi connectivity index (χ2v) is 9.07. The summed E-state index contributed by atoms with van der Waals surface area (Å²) >= 11 is 0. The van der Waals surface area contributed by atoms with Crippen LogP contribution in [0.2, 0.25) is 0 Å². The van der Waals surface area contributed by atoms with Crippen molar-refractivity contribution in [3.8, 4) is 0 Å². The molecule has 0 bridgehead atoms. The smallest absolute Gasteiger partial charge is 0.375 e. The minimum Gasteiger partial charge on any atom is -0.375 e. The van der Waals surface area contributed by atoms with Gasteiger partial charge in [-0.3, -0.25) is 15.0 Å². The van der Waals surface area contributed by atoms with Crippen LogP contribution in [-0.4, -0.2) is 53.3 Å². The van der Waals surface area contributed by atoms with Crippen LogP contribution in [0.4, 0.5) is 0 Å². The SMILES string of the molecule is CN1C=CC=CN=C1c1[c-]cccc1.CN1C=CC=CN=C1c1[c-]cccc1.CN1C=CC=CN=C1c1[c-]cccc1.[Ir+3]. The van der Waals surface area contributed by atoms with Crippen LogP contribution in [0, 0.1) is 18.2 Å². The second-order valence-electron chi connectivity index (χ2n) is 9.07. The number of hydrogen-bond acceptors (Lipinski definition) is 6. The Hall–Kier alpha value is -4.84. The van der Waals surface area contributed by atoms with Gasteiger partial charge in [-0.15, -0.1) is 108 Å². The van der Waals surface area contributed by atoms with E-state index in [-0.39, 0.29) is 20.1 Å². The maximum atomic E-state index is 4.34. The van der Waals surface area contributed by atoms with Crippen molar-refractivity contribution < 1.29 is 20.1 Å². The molecule has 0 fully saturated rings. The summed E-state index contributed by atoms with van der Waals surface area (Å²) in [4.78, 5) is 19.0. The molecule has 0 atom stereocenters. The Morgan fingerprint density at radius 2 is 0.744 bits per heavy atom. The summed E-state index contributed by atoms with van der Waals surface area (Å²) in [6, 6.07) is 33.0. The van der Waals surface area contributed by atoms with E-state index in [1.807, 2.05) is 164 Å². The summed E-state index contributed by atoms with van der Waals surface area (Å²) < 4.78 is 0. The van der Waals surface area contributed by atoms with Crippen LogP contribution >= 0.6 is 0 Å². The van der Waals surface area contributed by atoms with Gasteiger partial charge in [-0.05, 0) is 55.1 Å². The van der Waals surface area contributed by atoms with E-state index < -0.39 is 0 Å². The average Bonchev–Trinajstić information content (AvgIpc) is 3.50. The van der Waals surface area contributed by atoms with Crippen molar-refractivity contribution in [3.63, 3.8) is 0 Å². The molecule has 216 valence electrons. The molecule has 3 aliphatic heterocycles. The van der Waals surface area contributed by atoms with Crippen molar-refractivity contribution in [1.82, 2.24) is 14.7 Å². The van der Waals surface area contributed by atoms with Crippen molar-refractivity contribution in [1.29, 1.82) is 0 Å². The fourth-order valence-electron chi connectivity index (χ4n) is 3.89. The standard InChI is InChI=1S/3C12H11N2.Ir/c3*1-14-10-6-5-9-13-12(14)11-7-3-2-4-8-11;/h3*2-7,9-10H,1H3;/q3*-1;+3. The Bertz CT molecular complexity index is 1360. The Labute approximate surface area is 268 Å². The molecule has 0 spiro atoms. The summed E-state index contributed by atoms with van der Waals surface area (Å²) in [5.41, 5.74) is 3.02. The first-order chi connectivity index (χ1) is 20.6. The fraction of sp³-hybridized carbons (Fsp3) is 0.0833. The molecule has 0 amide bonds. The number of aliphatic imine (C=N–C) groups is 3. The number of rotatable bonds is 3. The Kier molecular flexibility index (Phi) is 13.6. The van der Waals surface area contributed by atoms with Gasteiger partial charge in [-0.1, -0.05) is 0 Å². The van der Waals surface area contributed by atoms with Gasteiger partial charge in [0.05, 0.1) is 17.5 Å². The largest absolute Gasteiger partial charge is 3.00 e. The first-order valence-electron chi connectivity index (χ1n) is 13.5. The first-order valence-corrected chi connectivity index (χ1v) is 13.5. The molecule has 0 aliphatic carbocycles. The van der Waals surface area contributed by atoms with E-state index >= 15 is 0 Å². The number of hydrogen-bond donors (Lipinski definition) is 0. The van der Waals surface area contributed by atoms with Crippen molar-refractivity contribution in [2.24, 2.45) is 15.0 Å². The van der Waals surface area contributed by atoms with Crippen LogP contribution in [0.1, 0.15) is 16.7 Å². The van der Waals surface area contributed by atoms with Crippen molar-refractivity contribution in [2.45, 2.75) is 0 Å². The first kappa shape index (κ1) is 32.7. The van der Waals surface area contributed by atoms with Gasteiger partial charge < -0.3 is 14.7 Å². The maximum absolute atomic E-state index is 4.34. The summed E-state index contributed by atoms with van der Waals surface area (Å²) in [7, 11) is 5.93. The van der Waals surface area contributed by atoms with Gasteiger partial charge in [0.15, 0.2) is 0 Å². The van der Waals surface area contributed by atoms with Gasteiger partial charge >= 0.3 is 20.1 Å². The van der Waals surface area contributed by atoms with E-state index in [9.17, 15) is 0 Å². The van der Waals surface area contributed by atoms with Crippen LogP contribution in [0.25, 0.3) is 0 Å². The van der Waals surface area contributed by atoms with E-state index in [0.29, 0.717) is 0 Å². The minimum absolute atomic E-state index is 0. The molecular weight excluding hydrogens is 709 g/mol. The Balaban J connectivity index is 0.000000175. The van der Waals surface area contributed by atoms with Gasteiger partial charge in [0, 0.05) is 39.7 Å². The molecule has 0 saturated carbocycles. The van der Waals surface area contributed by atoms with Crippen molar-refractivity contribution >= 4 is 17.5 Å². The number of allylic oxidation sites excluding steroid dienone is 6. The maximum Gasteiger partial charge on any atom is 3.00 e. The zero-order chi connectivity index (χ0) is 29.4. The molecule has 43 heavy (non-hydrogen) atoms. The fourth-order valence-corrected chi connectivity index (χ4v) is 3.89. The third-order valence-corrected chi connectivity index (χ3v) is 5.96. The predicted octanol–water partition coefficient (Wildman–Crippen LogP) is 6.62. The zero-order valence-corrected chi connectivity index (χ0v) is 26.8. The van der Waals surface area contributed by atoms with E-state index in [0.717, 1.165) is 34.2 Å². The van der Waals surface area contributed by atoms with Crippen LogP contribution in [0.5, 0.6) is 0 Å². The van der Waals surface area contributed by atoms with Crippen molar-refractivity contribution in [3.05, 3.63) is 181 Å². The van der Waals surface area contributed by atoms with Crippen molar-refractivity contribution in [2.75, 3.05) is 21.1 Å². The van der Waals surface area contributed by atoms with Gasteiger partial charge in [0.25, 0.3) is 0 Å². The molecule has 3 aliphatic rings. The molecule has 3 aromatic carbocycles. The molecule has 0 saturated heterocycles. The molecule has 0 unspecified atom stereocenters. The van der Waals surface area contributed by atoms with Gasteiger partial charge in [-0.25, -0.2) is 0 Å². The molecule has 3 aromatic rings. The zero-order valence-electron chi connectivity index (χ0n) is 24.4. The molecule has 0 radical (unpaired) electrons. The van der Waals surface area contributed by atoms with Gasteiger partial charge in [0.1, 0.15) is 0 Å². The van der Waals surface area contributed by atoms with Crippen LogP contribution < -0.4 is 0 Å². The molecule has 7 heteroatoms. The third-order valence-electron chi connectivity index (χ3n) is 5.96. The third kappa shape index (κ3) is 10.2. The topological polar surface area (TPSA) is 46.8 Å². The molecular formula is C36H33IrN6. The number of nitrogens with zero attached hydrogens (tertiary/aromatic N) is 6. The monoisotopic (exact) mass is 742 g/mol. The van der Waals surface area contributed by atoms with Gasteiger partial charge in [0.2, 0.25) is 0 Å². The molecule has 3 heterocycles. The van der Waals surface area contributed by atoms with Gasteiger partial charge in [-0.2, -0.15) is 0 Å².